The number of anilines is 2. The van der Waals surface area contributed by atoms with E-state index in [2.05, 4.69) is 25.1 Å². The topological polar surface area (TPSA) is 93.0 Å². The van der Waals surface area contributed by atoms with Gasteiger partial charge in [0.05, 0.1) is 7.11 Å². The Labute approximate surface area is 123 Å². The van der Waals surface area contributed by atoms with E-state index in [1.54, 1.807) is 7.11 Å². The number of piperidine rings is 1. The van der Waals surface area contributed by atoms with Crippen LogP contribution in [0.3, 0.4) is 0 Å². The van der Waals surface area contributed by atoms with Crippen molar-refractivity contribution in [2.75, 3.05) is 30.8 Å². The van der Waals surface area contributed by atoms with Gasteiger partial charge in [0.2, 0.25) is 11.8 Å². The molecule has 3 rings (SSSR count). The SMILES string of the molecule is COc1cc(C)nc(N2CCC(c3cc(N)n[nH]3)CC2)n1. The molecule has 1 saturated heterocycles. The van der Waals surface area contributed by atoms with E-state index in [-0.39, 0.29) is 0 Å². The number of nitrogens with two attached hydrogens (primary N) is 1. The second kappa shape index (κ2) is 5.59. The molecule has 7 heteroatoms. The summed E-state index contributed by atoms with van der Waals surface area (Å²) in [5, 5.41) is 7.01. The van der Waals surface area contributed by atoms with Crippen LogP contribution in [0.15, 0.2) is 12.1 Å². The lowest BCUT2D eigenvalue weighted by Gasteiger charge is -2.31. The number of aromatic nitrogens is 4. The number of H-pyrrole nitrogens is 1. The molecule has 1 fully saturated rings. The molecule has 2 aromatic rings. The lowest BCUT2D eigenvalue weighted by Crippen LogP contribution is -2.34. The standard InChI is InChI=1S/C14H20N6O/c1-9-7-13(21-2)17-14(16-9)20-5-3-10(4-6-20)11-8-12(15)19-18-11/h7-8,10H,3-6H2,1-2H3,(H3,15,18,19). The number of nitrogen functional groups attached to an aromatic ring is 1. The van der Waals surface area contributed by atoms with E-state index in [1.165, 1.54) is 0 Å². The van der Waals surface area contributed by atoms with Gasteiger partial charge in [-0.1, -0.05) is 0 Å². The first-order valence-electron chi connectivity index (χ1n) is 7.11. The van der Waals surface area contributed by atoms with Crippen molar-refractivity contribution in [3.8, 4) is 5.88 Å². The van der Waals surface area contributed by atoms with Crippen molar-refractivity contribution in [3.63, 3.8) is 0 Å². The highest BCUT2D eigenvalue weighted by Gasteiger charge is 2.24. The Morgan fingerprint density at radius 2 is 2.05 bits per heavy atom. The molecule has 1 aliphatic heterocycles. The monoisotopic (exact) mass is 288 g/mol. The zero-order valence-corrected chi connectivity index (χ0v) is 12.3. The molecule has 0 bridgehead atoms. The van der Waals surface area contributed by atoms with Gasteiger partial charge < -0.3 is 15.4 Å². The first-order valence-corrected chi connectivity index (χ1v) is 7.11. The van der Waals surface area contributed by atoms with Crippen LogP contribution in [0.25, 0.3) is 0 Å². The van der Waals surface area contributed by atoms with E-state index < -0.39 is 0 Å². The van der Waals surface area contributed by atoms with Crippen LogP contribution in [-0.2, 0) is 0 Å². The quantitative estimate of drug-likeness (QED) is 0.888. The lowest BCUT2D eigenvalue weighted by atomic mass is 9.94. The first-order chi connectivity index (χ1) is 10.2. The summed E-state index contributed by atoms with van der Waals surface area (Å²) in [7, 11) is 1.63. The Morgan fingerprint density at radius 1 is 1.29 bits per heavy atom. The minimum atomic E-state index is 0.470. The Balaban J connectivity index is 1.69. The molecule has 0 spiro atoms. The van der Waals surface area contributed by atoms with Crippen LogP contribution in [0.2, 0.25) is 0 Å². The zero-order chi connectivity index (χ0) is 14.8. The van der Waals surface area contributed by atoms with Gasteiger partial charge in [0, 0.05) is 42.5 Å². The summed E-state index contributed by atoms with van der Waals surface area (Å²) >= 11 is 0. The second-order valence-corrected chi connectivity index (χ2v) is 5.36. The minimum Gasteiger partial charge on any atom is -0.481 e. The zero-order valence-electron chi connectivity index (χ0n) is 12.3. The molecule has 0 aromatic carbocycles. The van der Waals surface area contributed by atoms with Crippen LogP contribution in [0.5, 0.6) is 5.88 Å². The lowest BCUT2D eigenvalue weighted by molar-refractivity contribution is 0.395. The number of nitrogens with one attached hydrogen (secondary N) is 1. The van der Waals surface area contributed by atoms with Crippen LogP contribution >= 0.6 is 0 Å². The largest absolute Gasteiger partial charge is 0.481 e. The molecular formula is C14H20N6O. The summed E-state index contributed by atoms with van der Waals surface area (Å²) in [4.78, 5) is 11.1. The van der Waals surface area contributed by atoms with Gasteiger partial charge in [0.25, 0.3) is 0 Å². The average molecular weight is 288 g/mol. The fourth-order valence-electron chi connectivity index (χ4n) is 2.72. The molecule has 0 unspecified atom stereocenters. The van der Waals surface area contributed by atoms with E-state index >= 15 is 0 Å². The maximum atomic E-state index is 5.67. The molecule has 21 heavy (non-hydrogen) atoms. The molecule has 0 atom stereocenters. The number of hydrogen-bond acceptors (Lipinski definition) is 6. The molecular weight excluding hydrogens is 268 g/mol. The first kappa shape index (κ1) is 13.7. The average Bonchev–Trinajstić information content (AvgIpc) is 2.93. The van der Waals surface area contributed by atoms with E-state index in [9.17, 15) is 0 Å². The number of aryl methyl sites for hydroxylation is 1. The maximum Gasteiger partial charge on any atom is 0.228 e. The van der Waals surface area contributed by atoms with E-state index in [0.717, 1.165) is 43.3 Å². The summed E-state index contributed by atoms with van der Waals surface area (Å²) in [6.45, 7) is 3.78. The molecule has 0 saturated carbocycles. The number of ether oxygens (including phenoxy) is 1. The van der Waals surface area contributed by atoms with Crippen molar-refractivity contribution in [2.45, 2.75) is 25.7 Å². The molecule has 7 nitrogen and oxygen atoms in total. The predicted octanol–water partition coefficient (Wildman–Crippen LogP) is 1.48. The Hall–Kier alpha value is -2.31. The Kier molecular flexibility index (Phi) is 3.64. The molecule has 0 aliphatic carbocycles. The number of aromatic amines is 1. The third kappa shape index (κ3) is 2.91. The van der Waals surface area contributed by atoms with Crippen LogP contribution in [0.1, 0.15) is 30.1 Å². The number of rotatable bonds is 3. The van der Waals surface area contributed by atoms with Crippen molar-refractivity contribution in [1.82, 2.24) is 20.2 Å². The fourth-order valence-corrected chi connectivity index (χ4v) is 2.72. The highest BCUT2D eigenvalue weighted by atomic mass is 16.5. The molecule has 0 radical (unpaired) electrons. The van der Waals surface area contributed by atoms with Gasteiger partial charge in [0.15, 0.2) is 0 Å². The molecule has 0 amide bonds. The molecule has 1 aliphatic rings. The molecule has 112 valence electrons. The fraction of sp³-hybridized carbons (Fsp3) is 0.500. The number of nitrogens with zero attached hydrogens (tertiary/aromatic N) is 4. The summed E-state index contributed by atoms with van der Waals surface area (Å²) < 4.78 is 5.21. The summed E-state index contributed by atoms with van der Waals surface area (Å²) in [5.74, 6) is 2.38. The van der Waals surface area contributed by atoms with Gasteiger partial charge in [-0.05, 0) is 19.8 Å². The van der Waals surface area contributed by atoms with Crippen LogP contribution in [-0.4, -0.2) is 40.4 Å². The van der Waals surface area contributed by atoms with Gasteiger partial charge in [0.1, 0.15) is 5.82 Å². The summed E-state index contributed by atoms with van der Waals surface area (Å²) in [6.07, 6.45) is 2.06. The third-order valence-electron chi connectivity index (χ3n) is 3.86. The van der Waals surface area contributed by atoms with Gasteiger partial charge in [-0.2, -0.15) is 10.1 Å². The summed E-state index contributed by atoms with van der Waals surface area (Å²) in [5.41, 5.74) is 7.70. The second-order valence-electron chi connectivity index (χ2n) is 5.36. The van der Waals surface area contributed by atoms with Gasteiger partial charge in [-0.15, -0.1) is 0 Å². The molecule has 3 heterocycles. The highest BCUT2D eigenvalue weighted by molar-refractivity contribution is 5.36. The summed E-state index contributed by atoms with van der Waals surface area (Å²) in [6, 6.07) is 3.76. The van der Waals surface area contributed by atoms with Crippen molar-refractivity contribution in [3.05, 3.63) is 23.5 Å². The van der Waals surface area contributed by atoms with Crippen LogP contribution in [0.4, 0.5) is 11.8 Å². The smallest absolute Gasteiger partial charge is 0.228 e. The highest BCUT2D eigenvalue weighted by Crippen LogP contribution is 2.29. The number of methoxy groups -OCH3 is 1. The van der Waals surface area contributed by atoms with Crippen LogP contribution < -0.4 is 15.4 Å². The van der Waals surface area contributed by atoms with Crippen molar-refractivity contribution >= 4 is 11.8 Å². The third-order valence-corrected chi connectivity index (χ3v) is 3.86. The Morgan fingerprint density at radius 3 is 2.67 bits per heavy atom. The van der Waals surface area contributed by atoms with E-state index in [1.807, 2.05) is 19.1 Å². The maximum absolute atomic E-state index is 5.67. The normalized spacial score (nSPS) is 16.2. The van der Waals surface area contributed by atoms with E-state index in [0.29, 0.717) is 17.6 Å². The van der Waals surface area contributed by atoms with Gasteiger partial charge in [-0.25, -0.2) is 4.98 Å². The van der Waals surface area contributed by atoms with E-state index in [4.69, 9.17) is 10.5 Å². The minimum absolute atomic E-state index is 0.470. The Bertz CT molecular complexity index is 618. The van der Waals surface area contributed by atoms with Crippen molar-refractivity contribution in [1.29, 1.82) is 0 Å². The molecule has 2 aromatic heterocycles. The number of hydrogen-bond donors (Lipinski definition) is 2. The molecule has 3 N–H and O–H groups in total. The van der Waals surface area contributed by atoms with Gasteiger partial charge >= 0.3 is 0 Å². The van der Waals surface area contributed by atoms with Gasteiger partial charge in [-0.3, -0.25) is 5.10 Å². The predicted molar refractivity (Wildman–Crippen MR) is 80.5 cm³/mol. The van der Waals surface area contributed by atoms with Crippen molar-refractivity contribution in [2.24, 2.45) is 0 Å². The van der Waals surface area contributed by atoms with Crippen molar-refractivity contribution < 1.29 is 4.74 Å². The van der Waals surface area contributed by atoms with Crippen LogP contribution in [0, 0.1) is 6.92 Å².